The quantitative estimate of drug-likeness (QED) is 0.798. The standard InChI is InChI=1S/C10H19NO2.C8H16O/c1-10(2,3)8-9(12)11-4-6-13-7-5-11;1-5-7(9)6-8(2,3)4/h4-8H2,1-3H3;5-6H2,1-4H3. The number of rotatable bonds is 3. The summed E-state index contributed by atoms with van der Waals surface area (Å²) in [6, 6.07) is 0. The highest BCUT2D eigenvalue weighted by atomic mass is 16.5. The Morgan fingerprint density at radius 1 is 0.909 bits per heavy atom. The number of amides is 1. The van der Waals surface area contributed by atoms with Crippen LogP contribution in [0.5, 0.6) is 0 Å². The summed E-state index contributed by atoms with van der Waals surface area (Å²) in [5.74, 6) is 0.623. The molecule has 1 fully saturated rings. The van der Waals surface area contributed by atoms with Gasteiger partial charge in [-0.2, -0.15) is 0 Å². The van der Waals surface area contributed by atoms with Crippen LogP contribution in [0.25, 0.3) is 0 Å². The predicted octanol–water partition coefficient (Wildman–Crippen LogP) is 3.68. The number of carbonyl (C=O) groups excluding carboxylic acids is 2. The summed E-state index contributed by atoms with van der Waals surface area (Å²) in [6.07, 6.45) is 2.02. The van der Waals surface area contributed by atoms with E-state index in [-0.39, 0.29) is 16.7 Å². The third-order valence-corrected chi connectivity index (χ3v) is 3.17. The monoisotopic (exact) mass is 313 g/mol. The molecule has 0 aromatic rings. The van der Waals surface area contributed by atoms with E-state index in [2.05, 4.69) is 41.5 Å². The topological polar surface area (TPSA) is 46.6 Å². The Balaban J connectivity index is 0.000000433. The summed E-state index contributed by atoms with van der Waals surface area (Å²) in [6.45, 7) is 17.3. The molecule has 1 saturated heterocycles. The maximum absolute atomic E-state index is 11.7. The SMILES string of the molecule is CC(C)(C)CC(=O)N1CCOCC1.CCC(=O)CC(C)(C)C. The Morgan fingerprint density at radius 2 is 1.36 bits per heavy atom. The first-order valence-corrected chi connectivity index (χ1v) is 8.32. The lowest BCUT2D eigenvalue weighted by Gasteiger charge is -2.29. The maximum Gasteiger partial charge on any atom is 0.223 e. The minimum absolute atomic E-state index is 0.0926. The molecule has 1 rings (SSSR count). The largest absolute Gasteiger partial charge is 0.378 e. The zero-order valence-corrected chi connectivity index (χ0v) is 15.6. The first-order chi connectivity index (χ1) is 9.94. The van der Waals surface area contributed by atoms with Crippen LogP contribution in [0, 0.1) is 10.8 Å². The van der Waals surface area contributed by atoms with Gasteiger partial charge in [0.15, 0.2) is 0 Å². The van der Waals surface area contributed by atoms with E-state index in [0.717, 1.165) is 13.1 Å². The van der Waals surface area contributed by atoms with Crippen molar-refractivity contribution in [1.82, 2.24) is 4.90 Å². The molecule has 4 heteroatoms. The molecular formula is C18H35NO3. The fourth-order valence-electron chi connectivity index (χ4n) is 2.09. The van der Waals surface area contributed by atoms with Crippen molar-refractivity contribution in [2.45, 2.75) is 67.7 Å². The molecule has 22 heavy (non-hydrogen) atoms. The molecule has 0 aromatic heterocycles. The summed E-state index contributed by atoms with van der Waals surface area (Å²) >= 11 is 0. The second-order valence-corrected chi connectivity index (χ2v) is 8.36. The average Bonchev–Trinajstić information content (AvgIpc) is 2.36. The Bertz CT molecular complexity index is 344. The van der Waals surface area contributed by atoms with Crippen molar-refractivity contribution in [1.29, 1.82) is 0 Å². The number of Topliss-reactive ketones (excluding diaryl/α,β-unsaturated/α-hetero) is 1. The molecular weight excluding hydrogens is 278 g/mol. The number of carbonyl (C=O) groups is 2. The van der Waals surface area contributed by atoms with Crippen LogP contribution in [0.2, 0.25) is 0 Å². The van der Waals surface area contributed by atoms with Crippen LogP contribution in [0.3, 0.4) is 0 Å². The van der Waals surface area contributed by atoms with E-state index in [1.54, 1.807) is 0 Å². The predicted molar refractivity (Wildman–Crippen MR) is 90.8 cm³/mol. The van der Waals surface area contributed by atoms with E-state index in [0.29, 0.717) is 38.3 Å². The number of hydrogen-bond donors (Lipinski definition) is 0. The number of ether oxygens (including phenoxy) is 1. The van der Waals surface area contributed by atoms with Gasteiger partial charge >= 0.3 is 0 Å². The number of nitrogens with zero attached hydrogens (tertiary/aromatic N) is 1. The third kappa shape index (κ3) is 11.7. The van der Waals surface area contributed by atoms with Crippen molar-refractivity contribution in [2.75, 3.05) is 26.3 Å². The van der Waals surface area contributed by atoms with Gasteiger partial charge in [-0.05, 0) is 10.8 Å². The maximum atomic E-state index is 11.7. The van der Waals surface area contributed by atoms with Gasteiger partial charge in [-0.1, -0.05) is 48.5 Å². The molecule has 0 radical (unpaired) electrons. The van der Waals surface area contributed by atoms with Gasteiger partial charge in [-0.25, -0.2) is 0 Å². The van der Waals surface area contributed by atoms with Gasteiger partial charge in [0.25, 0.3) is 0 Å². The van der Waals surface area contributed by atoms with Gasteiger partial charge < -0.3 is 9.64 Å². The van der Waals surface area contributed by atoms with Crippen LogP contribution in [-0.4, -0.2) is 42.9 Å². The molecule has 1 amide bonds. The highest BCUT2D eigenvalue weighted by Gasteiger charge is 2.22. The zero-order chi connectivity index (χ0) is 17.4. The van der Waals surface area contributed by atoms with Gasteiger partial charge in [0, 0.05) is 32.4 Å². The van der Waals surface area contributed by atoms with Crippen molar-refractivity contribution < 1.29 is 14.3 Å². The van der Waals surface area contributed by atoms with Crippen LogP contribution < -0.4 is 0 Å². The fourth-order valence-corrected chi connectivity index (χ4v) is 2.09. The lowest BCUT2D eigenvalue weighted by atomic mass is 9.89. The Labute approximate surface area is 136 Å². The Hall–Kier alpha value is -0.900. The molecule has 1 aliphatic rings. The highest BCUT2D eigenvalue weighted by Crippen LogP contribution is 2.20. The van der Waals surface area contributed by atoms with E-state index >= 15 is 0 Å². The van der Waals surface area contributed by atoms with E-state index in [1.165, 1.54) is 0 Å². The number of hydrogen-bond acceptors (Lipinski definition) is 3. The summed E-state index contributed by atoms with van der Waals surface area (Å²) in [5.41, 5.74) is 0.266. The molecule has 130 valence electrons. The van der Waals surface area contributed by atoms with Crippen LogP contribution in [0.15, 0.2) is 0 Å². The van der Waals surface area contributed by atoms with Crippen molar-refractivity contribution >= 4 is 11.7 Å². The summed E-state index contributed by atoms with van der Waals surface area (Å²) in [7, 11) is 0. The minimum Gasteiger partial charge on any atom is -0.378 e. The molecule has 1 aliphatic heterocycles. The second-order valence-electron chi connectivity index (χ2n) is 8.36. The lowest BCUT2D eigenvalue weighted by Crippen LogP contribution is -2.41. The van der Waals surface area contributed by atoms with E-state index in [4.69, 9.17) is 4.74 Å². The first-order valence-electron chi connectivity index (χ1n) is 8.32. The van der Waals surface area contributed by atoms with Crippen LogP contribution in [0.4, 0.5) is 0 Å². The van der Waals surface area contributed by atoms with Gasteiger partial charge in [-0.15, -0.1) is 0 Å². The Kier molecular flexibility index (Phi) is 8.91. The minimum atomic E-state index is 0.0926. The fraction of sp³-hybridized carbons (Fsp3) is 0.889. The van der Waals surface area contributed by atoms with Crippen molar-refractivity contribution in [2.24, 2.45) is 10.8 Å². The van der Waals surface area contributed by atoms with E-state index in [9.17, 15) is 9.59 Å². The molecule has 0 aliphatic carbocycles. The number of morpholine rings is 1. The van der Waals surface area contributed by atoms with Crippen LogP contribution in [-0.2, 0) is 14.3 Å². The molecule has 0 bridgehead atoms. The number of ketones is 1. The smallest absolute Gasteiger partial charge is 0.223 e. The van der Waals surface area contributed by atoms with Crippen molar-refractivity contribution in [3.8, 4) is 0 Å². The molecule has 0 unspecified atom stereocenters. The van der Waals surface area contributed by atoms with Gasteiger partial charge in [0.1, 0.15) is 5.78 Å². The van der Waals surface area contributed by atoms with Crippen LogP contribution >= 0.6 is 0 Å². The summed E-state index contributed by atoms with van der Waals surface area (Å²) in [5, 5.41) is 0. The lowest BCUT2D eigenvalue weighted by molar-refractivity contribution is -0.137. The average molecular weight is 313 g/mol. The molecule has 1 heterocycles. The zero-order valence-electron chi connectivity index (χ0n) is 15.6. The summed E-state index contributed by atoms with van der Waals surface area (Å²) in [4.78, 5) is 24.4. The normalized spacial score (nSPS) is 15.9. The first kappa shape index (κ1) is 21.1. The van der Waals surface area contributed by atoms with Crippen LogP contribution in [0.1, 0.15) is 67.7 Å². The highest BCUT2D eigenvalue weighted by molar-refractivity contribution is 5.78. The van der Waals surface area contributed by atoms with Gasteiger partial charge in [0.2, 0.25) is 5.91 Å². The molecule has 0 saturated carbocycles. The second kappa shape index (κ2) is 9.29. The molecule has 0 atom stereocenters. The van der Waals surface area contributed by atoms with E-state index < -0.39 is 0 Å². The molecule has 0 aromatic carbocycles. The van der Waals surface area contributed by atoms with Crippen molar-refractivity contribution in [3.05, 3.63) is 0 Å². The Morgan fingerprint density at radius 3 is 1.68 bits per heavy atom. The third-order valence-electron chi connectivity index (χ3n) is 3.17. The van der Waals surface area contributed by atoms with Gasteiger partial charge in [-0.3, -0.25) is 9.59 Å². The molecule has 0 N–H and O–H groups in total. The molecule has 0 spiro atoms. The van der Waals surface area contributed by atoms with E-state index in [1.807, 2.05) is 11.8 Å². The van der Waals surface area contributed by atoms with Gasteiger partial charge in [0.05, 0.1) is 13.2 Å². The summed E-state index contributed by atoms with van der Waals surface area (Å²) < 4.78 is 5.19. The molecule has 4 nitrogen and oxygen atoms in total. The van der Waals surface area contributed by atoms with Crippen molar-refractivity contribution in [3.63, 3.8) is 0 Å².